The summed E-state index contributed by atoms with van der Waals surface area (Å²) in [6.07, 6.45) is 0. The second-order valence-corrected chi connectivity index (χ2v) is 2.82. The van der Waals surface area contributed by atoms with Gasteiger partial charge in [0.2, 0.25) is 0 Å². The Morgan fingerprint density at radius 3 is 2.00 bits per heavy atom. The molecule has 68 valence electrons. The molecule has 1 N–H and O–H groups in total. The molecule has 2 nitrogen and oxygen atoms in total. The first-order chi connectivity index (χ1) is 5.61. The van der Waals surface area contributed by atoms with Gasteiger partial charge in [-0.2, -0.15) is 0 Å². The number of phenolic OH excluding ortho intramolecular Hbond substituents is 1. The van der Waals surface area contributed by atoms with Crippen molar-refractivity contribution in [3.8, 4) is 5.75 Å². The number of rotatable bonds is 0. The lowest BCUT2D eigenvalue weighted by Crippen LogP contribution is -1.66. The van der Waals surface area contributed by atoms with E-state index in [0.29, 0.717) is 10.0 Å². The van der Waals surface area contributed by atoms with Gasteiger partial charge in [-0.3, -0.25) is 0 Å². The van der Waals surface area contributed by atoms with Crippen LogP contribution in [0.1, 0.15) is 0 Å². The molecule has 0 bridgehead atoms. The summed E-state index contributed by atoms with van der Waals surface area (Å²) in [7, 11) is 3.25. The predicted molar refractivity (Wildman–Crippen MR) is 51.1 cm³/mol. The molecule has 0 unspecified atom stereocenters. The summed E-state index contributed by atoms with van der Waals surface area (Å²) in [5.41, 5.74) is 0. The average Bonchev–Trinajstić information content (AvgIpc) is 1.99. The van der Waals surface area contributed by atoms with Crippen molar-refractivity contribution in [3.63, 3.8) is 0 Å². The molecule has 0 atom stereocenters. The Morgan fingerprint density at radius 1 is 1.17 bits per heavy atom. The molecule has 0 aliphatic carbocycles. The summed E-state index contributed by atoms with van der Waals surface area (Å²) in [6, 6.07) is 4.41. The number of halogens is 2. The van der Waals surface area contributed by atoms with E-state index in [1.165, 1.54) is 12.1 Å². The smallest absolute Gasteiger partial charge is 0.117 e. The lowest BCUT2D eigenvalue weighted by molar-refractivity contribution is 0.277. The molecule has 0 aromatic heterocycles. The number of aromatic hydroxyl groups is 1. The van der Waals surface area contributed by atoms with Crippen LogP contribution in [-0.2, 0) is 4.74 Å². The minimum absolute atomic E-state index is 0.129. The highest BCUT2D eigenvalue weighted by Crippen LogP contribution is 2.24. The van der Waals surface area contributed by atoms with Crippen LogP contribution in [0.4, 0.5) is 0 Å². The third kappa shape index (κ3) is 4.44. The summed E-state index contributed by atoms with van der Waals surface area (Å²) < 4.78 is 4.25. The normalized spacial score (nSPS) is 8.67. The molecule has 0 aliphatic rings. The molecule has 0 aliphatic heterocycles. The molecular formula is C8H10Cl2O2. The highest BCUT2D eigenvalue weighted by Gasteiger charge is 1.95. The topological polar surface area (TPSA) is 29.5 Å². The molecule has 4 heteroatoms. The van der Waals surface area contributed by atoms with E-state index in [9.17, 15) is 0 Å². The average molecular weight is 209 g/mol. The fraction of sp³-hybridized carbons (Fsp3) is 0.250. The predicted octanol–water partition coefficient (Wildman–Crippen LogP) is 2.96. The van der Waals surface area contributed by atoms with E-state index in [1.54, 1.807) is 20.3 Å². The zero-order chi connectivity index (χ0) is 9.56. The van der Waals surface area contributed by atoms with Gasteiger partial charge in [-0.1, -0.05) is 23.2 Å². The summed E-state index contributed by atoms with van der Waals surface area (Å²) >= 11 is 11.1. The van der Waals surface area contributed by atoms with E-state index in [0.717, 1.165) is 0 Å². The van der Waals surface area contributed by atoms with Crippen LogP contribution in [0.25, 0.3) is 0 Å². The van der Waals surface area contributed by atoms with Crippen LogP contribution >= 0.6 is 23.2 Å². The Morgan fingerprint density at radius 2 is 1.67 bits per heavy atom. The van der Waals surface area contributed by atoms with Crippen LogP contribution in [0.5, 0.6) is 5.75 Å². The van der Waals surface area contributed by atoms with Gasteiger partial charge in [0, 0.05) is 14.2 Å². The second kappa shape index (κ2) is 6.12. The minimum atomic E-state index is 0.129. The molecule has 0 saturated heterocycles. The van der Waals surface area contributed by atoms with E-state index < -0.39 is 0 Å². The maximum atomic E-state index is 8.79. The molecule has 0 amide bonds. The van der Waals surface area contributed by atoms with Gasteiger partial charge in [0.1, 0.15) is 5.75 Å². The van der Waals surface area contributed by atoms with Gasteiger partial charge in [0.15, 0.2) is 0 Å². The van der Waals surface area contributed by atoms with Gasteiger partial charge in [0.25, 0.3) is 0 Å². The van der Waals surface area contributed by atoms with Crippen LogP contribution in [0.2, 0.25) is 10.0 Å². The maximum Gasteiger partial charge on any atom is 0.117 e. The fourth-order valence-electron chi connectivity index (χ4n) is 0.485. The Balaban J connectivity index is 0.000000354. The summed E-state index contributed by atoms with van der Waals surface area (Å²) in [4.78, 5) is 0. The van der Waals surface area contributed by atoms with Crippen LogP contribution in [0.3, 0.4) is 0 Å². The second-order valence-electron chi connectivity index (χ2n) is 2.01. The number of hydrogen-bond acceptors (Lipinski definition) is 2. The van der Waals surface area contributed by atoms with E-state index >= 15 is 0 Å². The first-order valence-corrected chi connectivity index (χ1v) is 3.91. The van der Waals surface area contributed by atoms with Gasteiger partial charge in [0.05, 0.1) is 10.0 Å². The Bertz CT molecular complexity index is 238. The molecule has 1 rings (SSSR count). The summed E-state index contributed by atoms with van der Waals surface area (Å²) in [6.45, 7) is 0. The Hall–Kier alpha value is -0.440. The molecule has 1 aromatic rings. The summed E-state index contributed by atoms with van der Waals surface area (Å²) in [5.74, 6) is 0.129. The van der Waals surface area contributed by atoms with Crippen molar-refractivity contribution in [2.75, 3.05) is 14.2 Å². The van der Waals surface area contributed by atoms with Crippen molar-refractivity contribution in [2.24, 2.45) is 0 Å². The quantitative estimate of drug-likeness (QED) is 0.711. The van der Waals surface area contributed by atoms with Crippen molar-refractivity contribution < 1.29 is 9.84 Å². The monoisotopic (exact) mass is 208 g/mol. The molecule has 1 aromatic carbocycles. The number of ether oxygens (including phenoxy) is 1. The van der Waals surface area contributed by atoms with Crippen LogP contribution < -0.4 is 0 Å². The molecule has 0 saturated carbocycles. The van der Waals surface area contributed by atoms with Gasteiger partial charge in [-0.05, 0) is 18.2 Å². The highest BCUT2D eigenvalue weighted by atomic mass is 35.5. The Labute approximate surface area is 81.7 Å². The number of benzene rings is 1. The molecule has 0 fully saturated rings. The Kier molecular flexibility index (Phi) is 5.89. The number of methoxy groups -OCH3 is 1. The largest absolute Gasteiger partial charge is 0.508 e. The van der Waals surface area contributed by atoms with E-state index in [1.807, 2.05) is 0 Å². The highest BCUT2D eigenvalue weighted by molar-refractivity contribution is 6.42. The van der Waals surface area contributed by atoms with Gasteiger partial charge in [-0.15, -0.1) is 0 Å². The molecule has 0 heterocycles. The third-order valence-electron chi connectivity index (χ3n) is 0.903. The van der Waals surface area contributed by atoms with Crippen LogP contribution in [0, 0.1) is 0 Å². The van der Waals surface area contributed by atoms with Gasteiger partial charge >= 0.3 is 0 Å². The number of phenols is 1. The molecule has 12 heavy (non-hydrogen) atoms. The minimum Gasteiger partial charge on any atom is -0.508 e. The van der Waals surface area contributed by atoms with Crippen molar-refractivity contribution in [1.29, 1.82) is 0 Å². The van der Waals surface area contributed by atoms with Crippen molar-refractivity contribution in [1.82, 2.24) is 0 Å². The molecule has 0 radical (unpaired) electrons. The standard InChI is InChI=1S/C6H4Cl2O.C2H6O/c7-5-2-1-4(9)3-6(5)8;1-3-2/h1-3,9H;1-2H3. The fourth-order valence-corrected chi connectivity index (χ4v) is 0.777. The lowest BCUT2D eigenvalue weighted by Gasteiger charge is -1.93. The van der Waals surface area contributed by atoms with Crippen molar-refractivity contribution >= 4 is 23.2 Å². The third-order valence-corrected chi connectivity index (χ3v) is 1.64. The van der Waals surface area contributed by atoms with Crippen molar-refractivity contribution in [3.05, 3.63) is 28.2 Å². The zero-order valence-corrected chi connectivity index (χ0v) is 8.36. The zero-order valence-electron chi connectivity index (χ0n) is 6.84. The lowest BCUT2D eigenvalue weighted by atomic mass is 10.3. The van der Waals surface area contributed by atoms with E-state index in [2.05, 4.69) is 4.74 Å². The molecule has 0 spiro atoms. The first-order valence-electron chi connectivity index (χ1n) is 3.16. The maximum absolute atomic E-state index is 8.79. The van der Waals surface area contributed by atoms with Crippen LogP contribution in [-0.4, -0.2) is 19.3 Å². The number of hydrogen-bond donors (Lipinski definition) is 1. The van der Waals surface area contributed by atoms with E-state index in [-0.39, 0.29) is 5.75 Å². The van der Waals surface area contributed by atoms with Crippen LogP contribution in [0.15, 0.2) is 18.2 Å². The first kappa shape index (κ1) is 11.6. The SMILES string of the molecule is COC.Oc1ccc(Cl)c(Cl)c1. The molecular weight excluding hydrogens is 199 g/mol. The van der Waals surface area contributed by atoms with Gasteiger partial charge in [-0.25, -0.2) is 0 Å². The van der Waals surface area contributed by atoms with Crippen molar-refractivity contribution in [2.45, 2.75) is 0 Å². The summed E-state index contributed by atoms with van der Waals surface area (Å²) in [5, 5.41) is 9.62. The van der Waals surface area contributed by atoms with Gasteiger partial charge < -0.3 is 9.84 Å². The van der Waals surface area contributed by atoms with E-state index in [4.69, 9.17) is 28.3 Å².